The first-order chi connectivity index (χ1) is 15.0. The summed E-state index contributed by atoms with van der Waals surface area (Å²) in [6.45, 7) is 6.71. The lowest BCUT2D eigenvalue weighted by atomic mass is 9.66. The van der Waals surface area contributed by atoms with Crippen LogP contribution in [0.3, 0.4) is 0 Å². The number of amides is 1. The fourth-order valence-electron chi connectivity index (χ4n) is 3.84. The highest BCUT2D eigenvalue weighted by Crippen LogP contribution is 2.47. The minimum atomic E-state index is -4.67. The molecule has 0 radical (unpaired) electrons. The second kappa shape index (κ2) is 7.75. The van der Waals surface area contributed by atoms with Crippen molar-refractivity contribution in [2.24, 2.45) is 11.3 Å². The van der Waals surface area contributed by atoms with E-state index in [9.17, 15) is 18.0 Å². The second-order valence-electron chi connectivity index (χ2n) is 9.13. The van der Waals surface area contributed by atoms with E-state index in [0.717, 1.165) is 24.4 Å². The highest BCUT2D eigenvalue weighted by Gasteiger charge is 2.38. The van der Waals surface area contributed by atoms with Crippen molar-refractivity contribution in [3.05, 3.63) is 42.1 Å². The minimum absolute atomic E-state index is 0.259. The van der Waals surface area contributed by atoms with Crippen molar-refractivity contribution < 1.29 is 22.7 Å². The van der Waals surface area contributed by atoms with E-state index in [-0.39, 0.29) is 5.41 Å². The van der Waals surface area contributed by atoms with Crippen LogP contribution in [0, 0.1) is 11.3 Å². The molecule has 7 nitrogen and oxygen atoms in total. The average Bonchev–Trinajstić information content (AvgIpc) is 3.06. The van der Waals surface area contributed by atoms with Crippen molar-refractivity contribution in [1.29, 1.82) is 0 Å². The molecular weight excluding hydrogens is 423 g/mol. The van der Waals surface area contributed by atoms with Gasteiger partial charge in [0.25, 0.3) is 5.91 Å². The zero-order valence-electron chi connectivity index (χ0n) is 18.2. The quantitative estimate of drug-likeness (QED) is 0.602. The number of hydrogen-bond acceptors (Lipinski definition) is 5. The number of anilines is 1. The van der Waals surface area contributed by atoms with Gasteiger partial charge in [-0.2, -0.15) is 18.3 Å². The molecule has 0 saturated heterocycles. The summed E-state index contributed by atoms with van der Waals surface area (Å²) in [5.74, 6) is -0.477. The molecule has 32 heavy (non-hydrogen) atoms. The Bertz CT molecular complexity index is 1160. The largest absolute Gasteiger partial charge is 0.494 e. The number of nitrogens with zero attached hydrogens (tertiary/aromatic N) is 4. The zero-order valence-corrected chi connectivity index (χ0v) is 18.2. The summed E-state index contributed by atoms with van der Waals surface area (Å²) in [4.78, 5) is 19.5. The maximum absolute atomic E-state index is 12.9. The van der Waals surface area contributed by atoms with E-state index in [4.69, 9.17) is 4.74 Å². The number of hydrogen-bond donors (Lipinski definition) is 1. The molecule has 0 spiro atoms. The Hall–Kier alpha value is -3.17. The van der Waals surface area contributed by atoms with Gasteiger partial charge in [-0.25, -0.2) is 9.97 Å². The van der Waals surface area contributed by atoms with Crippen LogP contribution in [0.25, 0.3) is 10.9 Å². The Kier molecular flexibility index (Phi) is 5.34. The number of aromatic nitrogens is 4. The molecule has 2 heterocycles. The average molecular weight is 447 g/mol. The first kappa shape index (κ1) is 22.0. The van der Waals surface area contributed by atoms with Crippen LogP contribution in [0.4, 0.5) is 18.9 Å². The van der Waals surface area contributed by atoms with Gasteiger partial charge in [0.2, 0.25) is 5.82 Å². The van der Waals surface area contributed by atoms with E-state index in [1.54, 1.807) is 12.1 Å². The van der Waals surface area contributed by atoms with Gasteiger partial charge < -0.3 is 10.1 Å². The van der Waals surface area contributed by atoms with Crippen LogP contribution in [0.2, 0.25) is 0 Å². The van der Waals surface area contributed by atoms with Crippen LogP contribution in [-0.4, -0.2) is 32.8 Å². The smallest absolute Gasteiger partial charge is 0.433 e. The van der Waals surface area contributed by atoms with Crippen LogP contribution in [-0.2, 0) is 6.18 Å². The van der Waals surface area contributed by atoms with E-state index < -0.39 is 23.6 Å². The fraction of sp³-hybridized carbons (Fsp3) is 0.455. The number of methoxy groups -OCH3 is 1. The van der Waals surface area contributed by atoms with Crippen molar-refractivity contribution in [3.63, 3.8) is 0 Å². The Balaban J connectivity index is 1.57. The normalized spacial score (nSPS) is 19.0. The maximum atomic E-state index is 12.9. The lowest BCUT2D eigenvalue weighted by Gasteiger charge is -2.43. The number of carbonyl (C=O) groups is 1. The summed E-state index contributed by atoms with van der Waals surface area (Å²) >= 11 is 0. The molecule has 3 aromatic rings. The van der Waals surface area contributed by atoms with Gasteiger partial charge >= 0.3 is 6.18 Å². The summed E-state index contributed by atoms with van der Waals surface area (Å²) in [6.07, 6.45) is 0.236. The van der Waals surface area contributed by atoms with Crippen molar-refractivity contribution in [3.8, 4) is 5.75 Å². The third-order valence-electron chi connectivity index (χ3n) is 5.95. The van der Waals surface area contributed by atoms with Crippen LogP contribution in [0.1, 0.15) is 56.0 Å². The van der Waals surface area contributed by atoms with Crippen LogP contribution in [0.5, 0.6) is 5.75 Å². The van der Waals surface area contributed by atoms with E-state index >= 15 is 0 Å². The number of fused-ring (bicyclic) bond motifs is 1. The molecule has 1 aliphatic carbocycles. The predicted molar refractivity (Wildman–Crippen MR) is 112 cm³/mol. The van der Waals surface area contributed by atoms with E-state index in [2.05, 4.69) is 41.2 Å². The molecule has 2 aromatic heterocycles. The van der Waals surface area contributed by atoms with Crippen LogP contribution in [0.15, 0.2) is 30.6 Å². The van der Waals surface area contributed by atoms with Crippen LogP contribution < -0.4 is 10.1 Å². The summed E-state index contributed by atoms with van der Waals surface area (Å²) in [5, 5.41) is 7.98. The zero-order chi connectivity index (χ0) is 23.3. The molecule has 1 aliphatic rings. The molecule has 1 amide bonds. The fourth-order valence-corrected chi connectivity index (χ4v) is 3.84. The van der Waals surface area contributed by atoms with Gasteiger partial charge in [-0.15, -0.1) is 0 Å². The molecule has 4 rings (SSSR count). The van der Waals surface area contributed by atoms with E-state index in [0.29, 0.717) is 35.0 Å². The minimum Gasteiger partial charge on any atom is -0.494 e. The van der Waals surface area contributed by atoms with Gasteiger partial charge in [-0.1, -0.05) is 20.8 Å². The standard InChI is InChI=1S/C22H24F3N5O2/c1-21(2,3)13-8-14(9-13)30-11-12-7-16(17(32-4)10-15(12)29-30)27-20(31)19-26-6-5-18(28-19)22(23,24)25/h5-7,10-11,13-14H,8-9H2,1-4H3,(H,27,31). The number of carbonyl (C=O) groups excluding carboxylic acids is 1. The van der Waals surface area contributed by atoms with Gasteiger partial charge in [-0.05, 0) is 36.3 Å². The Labute approximate surface area is 183 Å². The lowest BCUT2D eigenvalue weighted by Crippen LogP contribution is -2.35. The van der Waals surface area contributed by atoms with E-state index in [1.807, 2.05) is 10.9 Å². The molecule has 170 valence electrons. The molecule has 1 aromatic carbocycles. The van der Waals surface area contributed by atoms with Gasteiger partial charge in [0, 0.05) is 23.8 Å². The van der Waals surface area contributed by atoms with Crippen LogP contribution >= 0.6 is 0 Å². The summed E-state index contributed by atoms with van der Waals surface area (Å²) in [6, 6.07) is 4.40. The Morgan fingerprint density at radius 3 is 2.56 bits per heavy atom. The third-order valence-corrected chi connectivity index (χ3v) is 5.95. The van der Waals surface area contributed by atoms with Gasteiger partial charge in [0.15, 0.2) is 0 Å². The first-order valence-corrected chi connectivity index (χ1v) is 10.2. The number of rotatable bonds is 4. The van der Waals surface area contributed by atoms with Crippen molar-refractivity contribution in [2.45, 2.75) is 45.8 Å². The third kappa shape index (κ3) is 4.26. The molecule has 1 fully saturated rings. The highest BCUT2D eigenvalue weighted by molar-refractivity contribution is 6.03. The SMILES string of the molecule is COc1cc2nn(C3CC(C(C)(C)C)C3)cc2cc1NC(=O)c1nccc(C(F)(F)F)n1. The first-order valence-electron chi connectivity index (χ1n) is 10.2. The Morgan fingerprint density at radius 1 is 1.22 bits per heavy atom. The number of halogens is 3. The van der Waals surface area contributed by atoms with Crippen molar-refractivity contribution in [2.75, 3.05) is 12.4 Å². The monoisotopic (exact) mass is 447 g/mol. The summed E-state index contributed by atoms with van der Waals surface area (Å²) in [7, 11) is 1.44. The number of alkyl halides is 3. The topological polar surface area (TPSA) is 81.9 Å². The lowest BCUT2D eigenvalue weighted by molar-refractivity contribution is -0.141. The molecule has 1 N–H and O–H groups in total. The summed E-state index contributed by atoms with van der Waals surface area (Å²) in [5.41, 5.74) is 0.0754. The van der Waals surface area contributed by atoms with Crippen molar-refractivity contribution in [1.82, 2.24) is 19.7 Å². The number of benzene rings is 1. The maximum Gasteiger partial charge on any atom is 0.433 e. The van der Waals surface area contributed by atoms with Gasteiger partial charge in [0.05, 0.1) is 24.4 Å². The Morgan fingerprint density at radius 2 is 1.94 bits per heavy atom. The number of nitrogens with one attached hydrogen (secondary N) is 1. The highest BCUT2D eigenvalue weighted by atomic mass is 19.4. The number of ether oxygens (including phenoxy) is 1. The summed E-state index contributed by atoms with van der Waals surface area (Å²) < 4.78 is 46.0. The van der Waals surface area contributed by atoms with E-state index in [1.165, 1.54) is 7.11 Å². The van der Waals surface area contributed by atoms with Gasteiger partial charge in [-0.3, -0.25) is 9.48 Å². The molecule has 10 heteroatoms. The molecule has 0 atom stereocenters. The molecule has 0 unspecified atom stereocenters. The molecule has 1 saturated carbocycles. The molecule has 0 aliphatic heterocycles. The second-order valence-corrected chi connectivity index (χ2v) is 9.13. The van der Waals surface area contributed by atoms with Gasteiger partial charge in [0.1, 0.15) is 11.4 Å². The van der Waals surface area contributed by atoms with Crippen molar-refractivity contribution >= 4 is 22.5 Å². The molecular formula is C22H24F3N5O2. The molecule has 0 bridgehead atoms. The predicted octanol–water partition coefficient (Wildman–Crippen LogP) is 5.10.